The first-order valence-electron chi connectivity index (χ1n) is 9.33. The van der Waals surface area contributed by atoms with Gasteiger partial charge in [0.05, 0.1) is 5.52 Å². The van der Waals surface area contributed by atoms with E-state index in [4.69, 9.17) is 4.98 Å². The molecule has 3 aromatic rings. The number of rotatable bonds is 6. The molecule has 0 spiro atoms. The number of nitrogens with one attached hydrogen (secondary N) is 1. The number of hydrogen-bond acceptors (Lipinski definition) is 6. The highest BCUT2D eigenvalue weighted by Gasteiger charge is 2.18. The van der Waals surface area contributed by atoms with Gasteiger partial charge in [0, 0.05) is 55.0 Å². The van der Waals surface area contributed by atoms with Crippen LogP contribution in [-0.2, 0) is 0 Å². The molecule has 7 heteroatoms. The monoisotopic (exact) mass is 426 g/mol. The van der Waals surface area contributed by atoms with Crippen LogP contribution in [0.3, 0.4) is 0 Å². The van der Waals surface area contributed by atoms with Crippen LogP contribution in [0.25, 0.3) is 10.9 Å². The van der Waals surface area contributed by atoms with Gasteiger partial charge in [-0.2, -0.15) is 0 Å². The van der Waals surface area contributed by atoms with Crippen molar-refractivity contribution in [2.45, 2.75) is 6.42 Å². The summed E-state index contributed by atoms with van der Waals surface area (Å²) in [6.07, 6.45) is 4.71. The summed E-state index contributed by atoms with van der Waals surface area (Å²) in [6.45, 7) is 6.09. The fourth-order valence-electron chi connectivity index (χ4n) is 3.35. The molecule has 1 aliphatic heterocycles. The molecule has 6 nitrogen and oxygen atoms in total. The quantitative estimate of drug-likeness (QED) is 0.609. The van der Waals surface area contributed by atoms with E-state index in [0.717, 1.165) is 72.8 Å². The Bertz CT molecular complexity index is 880. The van der Waals surface area contributed by atoms with Gasteiger partial charge in [0.1, 0.15) is 5.82 Å². The molecule has 1 N–H and O–H groups in total. The molecule has 0 atom stereocenters. The molecule has 0 radical (unpaired) electrons. The first kappa shape index (κ1) is 18.1. The number of piperazine rings is 1. The van der Waals surface area contributed by atoms with E-state index in [1.165, 1.54) is 0 Å². The topological polar surface area (TPSA) is 57.2 Å². The zero-order valence-corrected chi connectivity index (χ0v) is 16.8. The van der Waals surface area contributed by atoms with Crippen molar-refractivity contribution in [2.24, 2.45) is 0 Å². The van der Waals surface area contributed by atoms with Gasteiger partial charge in [-0.1, -0.05) is 12.1 Å². The lowest BCUT2D eigenvalue weighted by Crippen LogP contribution is -2.47. The summed E-state index contributed by atoms with van der Waals surface area (Å²) in [5.74, 6) is 1.77. The molecular formula is C20H23BrN6. The Hall–Kier alpha value is -2.25. The second-order valence-corrected chi connectivity index (χ2v) is 7.52. The summed E-state index contributed by atoms with van der Waals surface area (Å²) in [7, 11) is 0. The van der Waals surface area contributed by atoms with E-state index in [2.05, 4.69) is 53.1 Å². The fourth-order valence-corrected chi connectivity index (χ4v) is 3.82. The Morgan fingerprint density at radius 3 is 2.59 bits per heavy atom. The third kappa shape index (κ3) is 4.54. The number of fused-ring (bicyclic) bond motifs is 1. The molecule has 1 aromatic carbocycles. The highest BCUT2D eigenvalue weighted by molar-refractivity contribution is 9.10. The van der Waals surface area contributed by atoms with E-state index in [-0.39, 0.29) is 0 Å². The number of benzene rings is 1. The van der Waals surface area contributed by atoms with Gasteiger partial charge in [-0.3, -0.25) is 4.90 Å². The van der Waals surface area contributed by atoms with E-state index >= 15 is 0 Å². The number of halogens is 1. The highest BCUT2D eigenvalue weighted by atomic mass is 79.9. The Morgan fingerprint density at radius 2 is 1.78 bits per heavy atom. The van der Waals surface area contributed by atoms with Gasteiger partial charge < -0.3 is 10.2 Å². The summed E-state index contributed by atoms with van der Waals surface area (Å²) < 4.78 is 1.03. The zero-order valence-electron chi connectivity index (χ0n) is 15.2. The Labute approximate surface area is 167 Å². The Balaban J connectivity index is 1.21. The molecule has 0 unspecified atom stereocenters. The number of para-hydroxylation sites is 1. The van der Waals surface area contributed by atoms with Crippen LogP contribution in [0.4, 0.5) is 11.8 Å². The van der Waals surface area contributed by atoms with Crippen LogP contribution in [0, 0.1) is 0 Å². The van der Waals surface area contributed by atoms with Gasteiger partial charge in [-0.25, -0.2) is 15.0 Å². The summed E-state index contributed by atoms with van der Waals surface area (Å²) in [6, 6.07) is 12.2. The van der Waals surface area contributed by atoms with Crippen molar-refractivity contribution < 1.29 is 0 Å². The van der Waals surface area contributed by atoms with Crippen molar-refractivity contribution in [3.63, 3.8) is 0 Å². The average molecular weight is 427 g/mol. The van der Waals surface area contributed by atoms with Gasteiger partial charge in [0.2, 0.25) is 5.95 Å². The number of pyridine rings is 1. The largest absolute Gasteiger partial charge is 0.370 e. The molecule has 1 fully saturated rings. The van der Waals surface area contributed by atoms with Gasteiger partial charge in [-0.05, 0) is 53.2 Å². The van der Waals surface area contributed by atoms with Crippen LogP contribution >= 0.6 is 15.9 Å². The Morgan fingerprint density at radius 1 is 0.963 bits per heavy atom. The van der Waals surface area contributed by atoms with Gasteiger partial charge in [0.25, 0.3) is 0 Å². The molecular weight excluding hydrogens is 404 g/mol. The number of anilines is 2. The minimum atomic E-state index is 0.840. The maximum atomic E-state index is 4.71. The number of nitrogens with zero attached hydrogens (tertiary/aromatic N) is 5. The lowest BCUT2D eigenvalue weighted by atomic mass is 10.2. The van der Waals surface area contributed by atoms with Crippen molar-refractivity contribution in [1.29, 1.82) is 0 Å². The first-order chi connectivity index (χ1) is 13.3. The predicted octanol–water partition coefficient (Wildman–Crippen LogP) is 3.41. The Kier molecular flexibility index (Phi) is 5.79. The summed E-state index contributed by atoms with van der Waals surface area (Å²) in [5, 5.41) is 4.60. The predicted molar refractivity (Wildman–Crippen MR) is 113 cm³/mol. The van der Waals surface area contributed by atoms with Crippen molar-refractivity contribution in [2.75, 3.05) is 49.5 Å². The second kappa shape index (κ2) is 8.63. The molecule has 0 bridgehead atoms. The standard InChI is InChI=1S/C20H23BrN6/c21-17-5-1-4-16-6-7-18(25-19(16)17)22-10-3-11-26-12-14-27(15-13-26)20-23-8-2-9-24-20/h1-2,4-9H,3,10-15H2,(H,22,25). The molecule has 1 saturated heterocycles. The SMILES string of the molecule is Brc1cccc2ccc(NCCCN3CCN(c4ncccn4)CC3)nc12. The molecule has 2 aromatic heterocycles. The lowest BCUT2D eigenvalue weighted by molar-refractivity contribution is 0.256. The van der Waals surface area contributed by atoms with Gasteiger partial charge in [-0.15, -0.1) is 0 Å². The molecule has 3 heterocycles. The van der Waals surface area contributed by atoms with E-state index in [1.54, 1.807) is 12.4 Å². The molecule has 0 aliphatic carbocycles. The minimum absolute atomic E-state index is 0.840. The summed E-state index contributed by atoms with van der Waals surface area (Å²) in [4.78, 5) is 18.2. The third-order valence-corrected chi connectivity index (χ3v) is 5.48. The molecule has 27 heavy (non-hydrogen) atoms. The normalized spacial score (nSPS) is 15.2. The fraction of sp³-hybridized carbons (Fsp3) is 0.350. The van der Waals surface area contributed by atoms with Crippen LogP contribution in [0.1, 0.15) is 6.42 Å². The van der Waals surface area contributed by atoms with Crippen LogP contribution in [0.15, 0.2) is 53.3 Å². The zero-order chi connectivity index (χ0) is 18.5. The third-order valence-electron chi connectivity index (χ3n) is 4.84. The lowest BCUT2D eigenvalue weighted by Gasteiger charge is -2.34. The molecule has 0 amide bonds. The second-order valence-electron chi connectivity index (χ2n) is 6.67. The van der Waals surface area contributed by atoms with Gasteiger partial charge in [0.15, 0.2) is 0 Å². The van der Waals surface area contributed by atoms with Crippen LogP contribution in [-0.4, -0.2) is 59.1 Å². The summed E-state index contributed by atoms with van der Waals surface area (Å²) in [5.41, 5.74) is 1.00. The summed E-state index contributed by atoms with van der Waals surface area (Å²) >= 11 is 3.58. The maximum absolute atomic E-state index is 4.71. The number of hydrogen-bond donors (Lipinski definition) is 1. The van der Waals surface area contributed by atoms with E-state index in [0.29, 0.717) is 0 Å². The van der Waals surface area contributed by atoms with Crippen molar-refractivity contribution >= 4 is 38.6 Å². The maximum Gasteiger partial charge on any atom is 0.225 e. The van der Waals surface area contributed by atoms with E-state index < -0.39 is 0 Å². The van der Waals surface area contributed by atoms with Crippen LogP contribution < -0.4 is 10.2 Å². The molecule has 4 rings (SSSR count). The molecule has 0 saturated carbocycles. The van der Waals surface area contributed by atoms with Gasteiger partial charge >= 0.3 is 0 Å². The minimum Gasteiger partial charge on any atom is -0.370 e. The average Bonchev–Trinajstić information content (AvgIpc) is 2.73. The first-order valence-corrected chi connectivity index (χ1v) is 10.1. The number of aromatic nitrogens is 3. The van der Waals surface area contributed by atoms with Crippen molar-refractivity contribution in [3.8, 4) is 0 Å². The smallest absolute Gasteiger partial charge is 0.225 e. The molecule has 1 aliphatic rings. The van der Waals surface area contributed by atoms with Crippen molar-refractivity contribution in [3.05, 3.63) is 53.3 Å². The van der Waals surface area contributed by atoms with E-state index in [9.17, 15) is 0 Å². The van der Waals surface area contributed by atoms with E-state index in [1.807, 2.05) is 24.3 Å². The van der Waals surface area contributed by atoms with Crippen molar-refractivity contribution in [1.82, 2.24) is 19.9 Å². The van der Waals surface area contributed by atoms with Crippen LogP contribution in [0.2, 0.25) is 0 Å². The van der Waals surface area contributed by atoms with Crippen LogP contribution in [0.5, 0.6) is 0 Å². The highest BCUT2D eigenvalue weighted by Crippen LogP contribution is 2.23. The molecule has 140 valence electrons.